The minimum absolute atomic E-state index is 0.0812. The van der Waals surface area contributed by atoms with E-state index in [9.17, 15) is 14.7 Å². The van der Waals surface area contributed by atoms with Crippen molar-refractivity contribution in [1.82, 2.24) is 0 Å². The number of fused-ring (bicyclic) bond motifs is 1. The summed E-state index contributed by atoms with van der Waals surface area (Å²) < 4.78 is 15.9. The zero-order chi connectivity index (χ0) is 24.8. The maximum absolute atomic E-state index is 12.0. The summed E-state index contributed by atoms with van der Waals surface area (Å²) in [5, 5.41) is 10.7. The van der Waals surface area contributed by atoms with Gasteiger partial charge < -0.3 is 19.3 Å². The molecular formula is C27H42O6. The van der Waals surface area contributed by atoms with Crippen molar-refractivity contribution in [3.63, 3.8) is 0 Å². The van der Waals surface area contributed by atoms with E-state index in [0.717, 1.165) is 24.0 Å². The number of unbranched alkanes of at least 4 members (excludes halogenated alkanes) is 5. The van der Waals surface area contributed by atoms with E-state index in [1.165, 1.54) is 25.7 Å². The van der Waals surface area contributed by atoms with Crippen molar-refractivity contribution < 1.29 is 28.9 Å². The number of ether oxygens (including phenoxy) is 3. The number of esters is 2. The van der Waals surface area contributed by atoms with Gasteiger partial charge in [-0.2, -0.15) is 0 Å². The summed E-state index contributed by atoms with van der Waals surface area (Å²) in [5.74, 6) is -0.203. The van der Waals surface area contributed by atoms with Gasteiger partial charge in [-0.05, 0) is 38.7 Å². The fourth-order valence-corrected chi connectivity index (χ4v) is 3.85. The molecule has 1 aromatic carbocycles. The molecule has 1 aliphatic rings. The van der Waals surface area contributed by atoms with Crippen molar-refractivity contribution in [1.29, 1.82) is 0 Å². The quantitative estimate of drug-likeness (QED) is 0.203. The summed E-state index contributed by atoms with van der Waals surface area (Å²) in [6, 6.07) is 0. The van der Waals surface area contributed by atoms with E-state index >= 15 is 0 Å². The first-order valence-corrected chi connectivity index (χ1v) is 12.3. The molecule has 2 rings (SSSR count). The highest BCUT2D eigenvalue weighted by molar-refractivity contribution is 5.98. The van der Waals surface area contributed by atoms with Crippen LogP contribution in [0.5, 0.6) is 11.5 Å². The van der Waals surface area contributed by atoms with Gasteiger partial charge in [0.2, 0.25) is 0 Å². The third-order valence-electron chi connectivity index (χ3n) is 5.79. The molecule has 1 aromatic rings. The summed E-state index contributed by atoms with van der Waals surface area (Å²) in [5.41, 5.74) is 3.29. The number of rotatable bonds is 13. The normalized spacial score (nSPS) is 12.5. The van der Waals surface area contributed by atoms with E-state index in [4.69, 9.17) is 14.2 Å². The first-order chi connectivity index (χ1) is 15.9. The van der Waals surface area contributed by atoms with Crippen molar-refractivity contribution >= 4 is 11.9 Å². The first-order valence-electron chi connectivity index (χ1n) is 12.3. The van der Waals surface area contributed by atoms with Gasteiger partial charge in [0.05, 0.1) is 13.7 Å². The van der Waals surface area contributed by atoms with Crippen molar-refractivity contribution in [3.05, 3.63) is 33.9 Å². The van der Waals surface area contributed by atoms with Crippen LogP contribution in [0.1, 0.15) is 106 Å². The molecule has 0 aliphatic carbocycles. The first kappa shape index (κ1) is 28.5. The lowest BCUT2D eigenvalue weighted by Crippen LogP contribution is -2.06. The molecule has 0 fully saturated rings. The highest BCUT2D eigenvalue weighted by atomic mass is 16.5. The van der Waals surface area contributed by atoms with Crippen LogP contribution in [0, 0.1) is 6.92 Å². The Labute approximate surface area is 199 Å². The number of hydrogen-bond acceptors (Lipinski definition) is 6. The minimum atomic E-state index is -0.506. The van der Waals surface area contributed by atoms with E-state index in [1.54, 1.807) is 7.11 Å². The number of methoxy groups -OCH3 is 1. The lowest BCUT2D eigenvalue weighted by molar-refractivity contribution is -0.143. The number of allylic oxidation sites excluding steroid dienone is 2. The highest BCUT2D eigenvalue weighted by Crippen LogP contribution is 2.42. The molecule has 0 atom stereocenters. The third-order valence-corrected chi connectivity index (χ3v) is 5.79. The van der Waals surface area contributed by atoms with E-state index in [2.05, 4.69) is 6.92 Å². The second-order valence-corrected chi connectivity index (χ2v) is 8.16. The Balaban J connectivity index is 0.00000265. The molecule has 6 nitrogen and oxygen atoms in total. The van der Waals surface area contributed by atoms with Gasteiger partial charge >= 0.3 is 11.9 Å². The Morgan fingerprint density at radius 3 is 2.45 bits per heavy atom. The van der Waals surface area contributed by atoms with E-state index in [-0.39, 0.29) is 23.9 Å². The number of cyclic esters (lactones) is 1. The second-order valence-electron chi connectivity index (χ2n) is 8.16. The largest absolute Gasteiger partial charge is 0.507 e. The number of aromatic hydroxyl groups is 1. The smallest absolute Gasteiger partial charge is 0.342 e. The zero-order valence-electron chi connectivity index (χ0n) is 21.3. The molecule has 33 heavy (non-hydrogen) atoms. The average Bonchev–Trinajstić information content (AvgIpc) is 3.21. The van der Waals surface area contributed by atoms with Crippen LogP contribution in [0.2, 0.25) is 0 Å². The van der Waals surface area contributed by atoms with Crippen molar-refractivity contribution in [2.24, 2.45) is 0 Å². The SMILES string of the molecule is CC.CCCCCCCCOC(=O)CC/C(C)=C/Cc1c(O)c2c(c(C)c1OC)COC2=O. The van der Waals surface area contributed by atoms with Crippen LogP contribution in [-0.4, -0.2) is 30.8 Å². The van der Waals surface area contributed by atoms with Gasteiger partial charge in [-0.3, -0.25) is 4.79 Å². The monoisotopic (exact) mass is 462 g/mol. The van der Waals surface area contributed by atoms with Gasteiger partial charge in [-0.15, -0.1) is 0 Å². The number of carbonyl (C=O) groups excluding carboxylic acids is 2. The lowest BCUT2D eigenvalue weighted by Gasteiger charge is -2.15. The Morgan fingerprint density at radius 1 is 1.12 bits per heavy atom. The third kappa shape index (κ3) is 8.41. The maximum Gasteiger partial charge on any atom is 0.342 e. The van der Waals surface area contributed by atoms with Crippen LogP contribution < -0.4 is 4.74 Å². The number of phenols is 1. The Hall–Kier alpha value is -2.50. The van der Waals surface area contributed by atoms with Crippen LogP contribution in [0.4, 0.5) is 0 Å². The predicted molar refractivity (Wildman–Crippen MR) is 131 cm³/mol. The minimum Gasteiger partial charge on any atom is -0.507 e. The molecule has 1 N–H and O–H groups in total. The molecule has 0 saturated heterocycles. The van der Waals surface area contributed by atoms with Gasteiger partial charge in [0.1, 0.15) is 23.7 Å². The topological polar surface area (TPSA) is 82.1 Å². The van der Waals surface area contributed by atoms with Gasteiger partial charge in [-0.1, -0.05) is 64.5 Å². The molecule has 0 unspecified atom stereocenters. The fraction of sp³-hybridized carbons (Fsp3) is 0.630. The van der Waals surface area contributed by atoms with Gasteiger partial charge in [0.25, 0.3) is 0 Å². The van der Waals surface area contributed by atoms with Crippen molar-refractivity contribution in [3.8, 4) is 11.5 Å². The van der Waals surface area contributed by atoms with Crippen molar-refractivity contribution in [2.45, 2.75) is 99.0 Å². The summed E-state index contributed by atoms with van der Waals surface area (Å²) in [6.45, 7) is 10.6. The molecule has 0 amide bonds. The fourth-order valence-electron chi connectivity index (χ4n) is 3.85. The molecular weight excluding hydrogens is 420 g/mol. The van der Waals surface area contributed by atoms with E-state index in [1.807, 2.05) is 33.8 Å². The van der Waals surface area contributed by atoms with Crippen LogP contribution in [0.3, 0.4) is 0 Å². The summed E-state index contributed by atoms with van der Waals surface area (Å²) in [7, 11) is 1.55. The number of benzene rings is 1. The highest BCUT2D eigenvalue weighted by Gasteiger charge is 2.31. The Bertz CT molecular complexity index is 810. The Morgan fingerprint density at radius 2 is 1.79 bits per heavy atom. The molecule has 0 aromatic heterocycles. The number of phenolic OH excluding ortho intramolecular Hbond substituents is 1. The predicted octanol–water partition coefficient (Wildman–Crippen LogP) is 6.58. The molecule has 0 bridgehead atoms. The second kappa shape index (κ2) is 15.4. The molecule has 186 valence electrons. The molecule has 0 radical (unpaired) electrons. The molecule has 0 saturated carbocycles. The summed E-state index contributed by atoms with van der Waals surface area (Å²) in [6.07, 6.45) is 10.2. The van der Waals surface area contributed by atoms with Crippen LogP contribution in [-0.2, 0) is 27.3 Å². The summed E-state index contributed by atoms with van der Waals surface area (Å²) in [4.78, 5) is 23.9. The Kier molecular flexibility index (Phi) is 13.3. The maximum atomic E-state index is 12.0. The van der Waals surface area contributed by atoms with Gasteiger partial charge in [0.15, 0.2) is 0 Å². The van der Waals surface area contributed by atoms with Crippen LogP contribution in [0.15, 0.2) is 11.6 Å². The molecule has 1 aliphatic heterocycles. The zero-order valence-corrected chi connectivity index (χ0v) is 21.3. The number of hydrogen-bond donors (Lipinski definition) is 1. The van der Waals surface area contributed by atoms with E-state index in [0.29, 0.717) is 42.7 Å². The lowest BCUT2D eigenvalue weighted by atomic mass is 9.94. The molecule has 1 heterocycles. The standard InChI is InChI=1S/C25H36O6.C2H6/c1-5-6-7-8-9-10-15-30-21(26)14-12-17(2)11-13-19-23(27)22-20(16-31-25(22)28)18(3)24(19)29-4;1-2/h11,27H,5-10,12-16H2,1-4H3;1-2H3/b17-11+;. The molecule has 6 heteroatoms. The molecule has 0 spiro atoms. The van der Waals surface area contributed by atoms with E-state index < -0.39 is 5.97 Å². The summed E-state index contributed by atoms with van der Waals surface area (Å²) >= 11 is 0. The van der Waals surface area contributed by atoms with Crippen LogP contribution in [0.25, 0.3) is 0 Å². The van der Waals surface area contributed by atoms with Crippen LogP contribution >= 0.6 is 0 Å². The van der Waals surface area contributed by atoms with Crippen molar-refractivity contribution in [2.75, 3.05) is 13.7 Å². The average molecular weight is 463 g/mol. The van der Waals surface area contributed by atoms with Gasteiger partial charge in [0, 0.05) is 17.5 Å². The number of carbonyl (C=O) groups is 2. The van der Waals surface area contributed by atoms with Gasteiger partial charge in [-0.25, -0.2) is 4.79 Å².